The van der Waals surface area contributed by atoms with E-state index in [4.69, 9.17) is 9.15 Å². The first-order chi connectivity index (χ1) is 13.7. The van der Waals surface area contributed by atoms with Crippen LogP contribution in [0.25, 0.3) is 11.5 Å². The van der Waals surface area contributed by atoms with E-state index < -0.39 is 0 Å². The van der Waals surface area contributed by atoms with Crippen molar-refractivity contribution in [1.82, 2.24) is 10.2 Å². The maximum atomic E-state index is 12.1. The average molecular weight is 397 g/mol. The third-order valence-corrected chi connectivity index (χ3v) is 4.41. The van der Waals surface area contributed by atoms with Crippen molar-refractivity contribution in [2.24, 2.45) is 0 Å². The van der Waals surface area contributed by atoms with Crippen molar-refractivity contribution in [1.29, 1.82) is 0 Å². The van der Waals surface area contributed by atoms with Gasteiger partial charge in [-0.15, -0.1) is 10.2 Å². The fraction of sp³-hybridized carbons (Fsp3) is 0.200. The Balaban J connectivity index is 1.49. The molecule has 3 aromatic rings. The highest BCUT2D eigenvalue weighted by molar-refractivity contribution is 7.99. The maximum absolute atomic E-state index is 12.1. The zero-order valence-corrected chi connectivity index (χ0v) is 16.1. The number of esters is 1. The second kappa shape index (κ2) is 9.70. The number of nitrogens with zero attached hydrogens (tertiary/aromatic N) is 2. The highest BCUT2D eigenvalue weighted by Gasteiger charge is 2.12. The van der Waals surface area contributed by atoms with Crippen LogP contribution in [0.2, 0.25) is 0 Å². The molecule has 0 fully saturated rings. The topological polar surface area (TPSA) is 94.3 Å². The molecule has 0 saturated carbocycles. The molecule has 8 heteroatoms. The number of hydrogen-bond acceptors (Lipinski definition) is 7. The van der Waals surface area contributed by atoms with Crippen LogP contribution in [0, 0.1) is 0 Å². The van der Waals surface area contributed by atoms with Crippen LogP contribution >= 0.6 is 11.8 Å². The number of amides is 1. The summed E-state index contributed by atoms with van der Waals surface area (Å²) < 4.78 is 10.6. The standard InChI is InChI=1S/C20H19N3O4S/c1-2-12-26-19(25)15-8-10-16(11-9-15)21-17(24)13-28-20-23-22-18(27-20)14-6-4-3-5-7-14/h3-11H,2,12-13H2,1H3,(H,21,24). The highest BCUT2D eigenvalue weighted by Crippen LogP contribution is 2.23. The van der Waals surface area contributed by atoms with Crippen LogP contribution in [-0.4, -0.2) is 34.4 Å². The lowest BCUT2D eigenvalue weighted by molar-refractivity contribution is -0.113. The number of thioether (sulfide) groups is 1. The van der Waals surface area contributed by atoms with Crippen LogP contribution in [0.5, 0.6) is 0 Å². The Morgan fingerprint density at radius 3 is 2.54 bits per heavy atom. The minimum Gasteiger partial charge on any atom is -0.462 e. The van der Waals surface area contributed by atoms with E-state index in [1.165, 1.54) is 0 Å². The van der Waals surface area contributed by atoms with E-state index in [1.54, 1.807) is 24.3 Å². The maximum Gasteiger partial charge on any atom is 0.338 e. The predicted molar refractivity (Wildman–Crippen MR) is 106 cm³/mol. The number of anilines is 1. The first-order valence-corrected chi connectivity index (χ1v) is 9.73. The number of aromatic nitrogens is 2. The number of ether oxygens (including phenoxy) is 1. The Kier molecular flexibility index (Phi) is 6.80. The van der Waals surface area contributed by atoms with Gasteiger partial charge < -0.3 is 14.5 Å². The van der Waals surface area contributed by atoms with Gasteiger partial charge in [0.2, 0.25) is 11.8 Å². The summed E-state index contributed by atoms with van der Waals surface area (Å²) in [5.41, 5.74) is 1.86. The van der Waals surface area contributed by atoms with Gasteiger partial charge in [-0.2, -0.15) is 0 Å². The lowest BCUT2D eigenvalue weighted by Gasteiger charge is -2.06. The van der Waals surface area contributed by atoms with Crippen LogP contribution in [0.1, 0.15) is 23.7 Å². The zero-order chi connectivity index (χ0) is 19.8. The van der Waals surface area contributed by atoms with Crippen LogP contribution in [-0.2, 0) is 9.53 Å². The molecule has 2 aromatic carbocycles. The summed E-state index contributed by atoms with van der Waals surface area (Å²) in [6, 6.07) is 16.0. The Bertz CT molecular complexity index is 926. The van der Waals surface area contributed by atoms with Gasteiger partial charge in [-0.3, -0.25) is 4.79 Å². The molecule has 7 nitrogen and oxygen atoms in total. The number of benzene rings is 2. The van der Waals surface area contributed by atoms with E-state index in [2.05, 4.69) is 15.5 Å². The van der Waals surface area contributed by atoms with E-state index in [1.807, 2.05) is 37.3 Å². The van der Waals surface area contributed by atoms with E-state index in [-0.39, 0.29) is 17.6 Å². The third kappa shape index (κ3) is 5.43. The van der Waals surface area contributed by atoms with Crippen molar-refractivity contribution in [3.63, 3.8) is 0 Å². The van der Waals surface area contributed by atoms with Gasteiger partial charge in [0, 0.05) is 11.3 Å². The molecule has 28 heavy (non-hydrogen) atoms. The molecule has 1 heterocycles. The van der Waals surface area contributed by atoms with Gasteiger partial charge in [-0.25, -0.2) is 4.79 Å². The van der Waals surface area contributed by atoms with Crippen LogP contribution in [0.4, 0.5) is 5.69 Å². The normalized spacial score (nSPS) is 10.5. The molecule has 1 aromatic heterocycles. The molecule has 0 saturated heterocycles. The fourth-order valence-electron chi connectivity index (χ4n) is 2.26. The molecule has 3 rings (SSSR count). The predicted octanol–water partition coefficient (Wildman–Crippen LogP) is 4.03. The van der Waals surface area contributed by atoms with Crippen molar-refractivity contribution in [3.8, 4) is 11.5 Å². The van der Waals surface area contributed by atoms with Gasteiger partial charge >= 0.3 is 5.97 Å². The molecular weight excluding hydrogens is 378 g/mol. The number of nitrogens with one attached hydrogen (secondary N) is 1. The summed E-state index contributed by atoms with van der Waals surface area (Å²) in [6.45, 7) is 2.32. The average Bonchev–Trinajstić information content (AvgIpc) is 3.21. The summed E-state index contributed by atoms with van der Waals surface area (Å²) in [5, 5.41) is 11.0. The monoisotopic (exact) mass is 397 g/mol. The van der Waals surface area contributed by atoms with Crippen molar-refractivity contribution >= 4 is 29.3 Å². The molecule has 0 unspecified atom stereocenters. The minimum atomic E-state index is -0.374. The molecule has 1 N–H and O–H groups in total. The van der Waals surface area contributed by atoms with Gasteiger partial charge in [-0.05, 0) is 42.8 Å². The molecule has 0 bridgehead atoms. The molecule has 0 spiro atoms. The lowest BCUT2D eigenvalue weighted by atomic mass is 10.2. The molecule has 0 aliphatic carbocycles. The van der Waals surface area contributed by atoms with Crippen LogP contribution in [0.3, 0.4) is 0 Å². The number of carbonyl (C=O) groups is 2. The quantitative estimate of drug-likeness (QED) is 0.453. The molecule has 0 atom stereocenters. The Hall–Kier alpha value is -3.13. The van der Waals surface area contributed by atoms with Gasteiger partial charge in [0.15, 0.2) is 0 Å². The summed E-state index contributed by atoms with van der Waals surface area (Å²) in [7, 11) is 0. The summed E-state index contributed by atoms with van der Waals surface area (Å²) in [4.78, 5) is 23.9. The summed E-state index contributed by atoms with van der Waals surface area (Å²) >= 11 is 1.15. The number of hydrogen-bond donors (Lipinski definition) is 1. The summed E-state index contributed by atoms with van der Waals surface area (Å²) in [5.74, 6) is -0.0581. The smallest absolute Gasteiger partial charge is 0.338 e. The van der Waals surface area contributed by atoms with Crippen molar-refractivity contribution in [3.05, 3.63) is 60.2 Å². The minimum absolute atomic E-state index is 0.122. The second-order valence-corrected chi connectivity index (χ2v) is 6.72. The molecule has 144 valence electrons. The van der Waals surface area contributed by atoms with Gasteiger partial charge in [0.05, 0.1) is 17.9 Å². The first-order valence-electron chi connectivity index (χ1n) is 8.74. The number of carbonyl (C=O) groups excluding carboxylic acids is 2. The van der Waals surface area contributed by atoms with Gasteiger partial charge in [0.25, 0.3) is 5.22 Å². The molecule has 0 aliphatic rings. The Morgan fingerprint density at radius 1 is 1.07 bits per heavy atom. The lowest BCUT2D eigenvalue weighted by Crippen LogP contribution is -2.14. The SMILES string of the molecule is CCCOC(=O)c1ccc(NC(=O)CSc2nnc(-c3ccccc3)o2)cc1. The van der Waals surface area contributed by atoms with Crippen molar-refractivity contribution < 1.29 is 18.7 Å². The molecular formula is C20H19N3O4S. The second-order valence-electron chi connectivity index (χ2n) is 5.79. The van der Waals surface area contributed by atoms with Crippen molar-refractivity contribution in [2.45, 2.75) is 18.6 Å². The van der Waals surface area contributed by atoms with Gasteiger partial charge in [-0.1, -0.05) is 36.9 Å². The highest BCUT2D eigenvalue weighted by atomic mass is 32.2. The Morgan fingerprint density at radius 2 is 1.82 bits per heavy atom. The third-order valence-electron chi connectivity index (χ3n) is 3.60. The molecule has 0 aliphatic heterocycles. The summed E-state index contributed by atoms with van der Waals surface area (Å²) in [6.07, 6.45) is 0.768. The molecule has 1 amide bonds. The van der Waals surface area contributed by atoms with Crippen LogP contribution in [0.15, 0.2) is 64.2 Å². The van der Waals surface area contributed by atoms with Crippen LogP contribution < -0.4 is 5.32 Å². The van der Waals surface area contributed by atoms with E-state index in [0.717, 1.165) is 23.7 Å². The van der Waals surface area contributed by atoms with E-state index in [0.29, 0.717) is 29.0 Å². The Labute approximate surface area is 166 Å². The number of rotatable bonds is 8. The van der Waals surface area contributed by atoms with Crippen molar-refractivity contribution in [2.75, 3.05) is 17.7 Å². The van der Waals surface area contributed by atoms with Gasteiger partial charge in [0.1, 0.15) is 0 Å². The zero-order valence-electron chi connectivity index (χ0n) is 15.3. The fourth-order valence-corrected chi connectivity index (χ4v) is 2.82. The molecule has 0 radical (unpaired) electrons. The van der Waals surface area contributed by atoms with E-state index in [9.17, 15) is 9.59 Å². The van der Waals surface area contributed by atoms with E-state index >= 15 is 0 Å². The largest absolute Gasteiger partial charge is 0.462 e. The first kappa shape index (κ1) is 19.6.